The van der Waals surface area contributed by atoms with Crippen molar-refractivity contribution >= 4 is 27.7 Å². The third-order valence-electron chi connectivity index (χ3n) is 2.38. The van der Waals surface area contributed by atoms with Crippen LogP contribution in [-0.2, 0) is 9.59 Å². The van der Waals surface area contributed by atoms with Crippen LogP contribution < -0.4 is 4.74 Å². The Kier molecular flexibility index (Phi) is 5.35. The Labute approximate surface area is 125 Å². The number of Topliss-reactive ketones (excluding diaryl/α,β-unsaturated/α-hetero) is 1. The van der Waals surface area contributed by atoms with Crippen LogP contribution in [0.15, 0.2) is 18.2 Å². The van der Waals surface area contributed by atoms with E-state index in [1.807, 2.05) is 0 Å². The van der Waals surface area contributed by atoms with E-state index in [1.165, 1.54) is 6.92 Å². The molecule has 2 unspecified atom stereocenters. The molecule has 5 nitrogen and oxygen atoms in total. The number of carboxylic acids is 1. The number of hydrogen-bond donors (Lipinski definition) is 2. The van der Waals surface area contributed by atoms with Crippen LogP contribution in [0.25, 0.3) is 0 Å². The summed E-state index contributed by atoms with van der Waals surface area (Å²) >= 11 is 2.97. The standard InChI is InChI=1S/C12H10BrF3O5/c1-5(17)9(13)6-2-7(10(18)11(19)20)4-8(3-6)21-12(14,15)16/h2-4,9-10,18H,1H3,(H,19,20). The highest BCUT2D eigenvalue weighted by atomic mass is 79.9. The number of carbonyl (C=O) groups is 2. The molecule has 1 aromatic rings. The van der Waals surface area contributed by atoms with Gasteiger partial charge in [0.05, 0.1) is 4.83 Å². The molecule has 0 fully saturated rings. The minimum atomic E-state index is -4.98. The molecular weight excluding hydrogens is 361 g/mol. The average Bonchev–Trinajstić information content (AvgIpc) is 2.34. The number of aliphatic carboxylic acids is 1. The maximum absolute atomic E-state index is 12.2. The molecule has 116 valence electrons. The molecule has 0 radical (unpaired) electrons. The van der Waals surface area contributed by atoms with E-state index in [1.54, 1.807) is 0 Å². The Bertz CT molecular complexity index is 520. The number of halogens is 4. The second-order valence-corrected chi connectivity index (χ2v) is 5.01. The molecule has 0 aliphatic carbocycles. The van der Waals surface area contributed by atoms with Crippen molar-refractivity contribution in [3.63, 3.8) is 0 Å². The summed E-state index contributed by atoms with van der Waals surface area (Å²) in [6.45, 7) is 1.20. The van der Waals surface area contributed by atoms with Gasteiger partial charge in [-0.25, -0.2) is 4.79 Å². The third kappa shape index (κ3) is 5.01. The summed E-state index contributed by atoms with van der Waals surface area (Å²) in [4.78, 5) is 21.0. The molecule has 2 N–H and O–H groups in total. The summed E-state index contributed by atoms with van der Waals surface area (Å²) in [5, 5.41) is 18.1. The van der Waals surface area contributed by atoms with Crippen LogP contribution in [-0.4, -0.2) is 28.3 Å². The first kappa shape index (κ1) is 17.4. The van der Waals surface area contributed by atoms with E-state index in [0.717, 1.165) is 18.2 Å². The number of carboxylic acid groups (broad SMARTS) is 1. The highest BCUT2D eigenvalue weighted by Crippen LogP contribution is 2.33. The van der Waals surface area contributed by atoms with Gasteiger partial charge < -0.3 is 14.9 Å². The number of rotatable bonds is 5. The number of carbonyl (C=O) groups excluding carboxylic acids is 1. The first-order valence-corrected chi connectivity index (χ1v) is 6.39. The maximum Gasteiger partial charge on any atom is 0.573 e. The highest BCUT2D eigenvalue weighted by molar-refractivity contribution is 9.09. The molecule has 0 aliphatic heterocycles. The Morgan fingerprint density at radius 1 is 1.24 bits per heavy atom. The van der Waals surface area contributed by atoms with Crippen molar-refractivity contribution in [1.29, 1.82) is 0 Å². The van der Waals surface area contributed by atoms with Gasteiger partial charge >= 0.3 is 12.3 Å². The minimum absolute atomic E-state index is 0.0413. The van der Waals surface area contributed by atoms with Crippen molar-refractivity contribution in [3.05, 3.63) is 29.3 Å². The van der Waals surface area contributed by atoms with Gasteiger partial charge in [-0.2, -0.15) is 0 Å². The number of benzene rings is 1. The summed E-state index contributed by atoms with van der Waals surface area (Å²) in [5.41, 5.74) is -0.287. The summed E-state index contributed by atoms with van der Waals surface area (Å²) in [6, 6.07) is 2.80. The summed E-state index contributed by atoms with van der Waals surface area (Å²) in [6.07, 6.45) is -7.02. The molecule has 0 saturated heterocycles. The third-order valence-corrected chi connectivity index (χ3v) is 3.56. The van der Waals surface area contributed by atoms with Crippen molar-refractivity contribution < 1.29 is 37.7 Å². The first-order chi connectivity index (χ1) is 9.51. The molecule has 0 spiro atoms. The molecule has 2 atom stereocenters. The van der Waals surface area contributed by atoms with Gasteiger partial charge in [0.1, 0.15) is 11.5 Å². The fourth-order valence-corrected chi connectivity index (χ4v) is 1.78. The molecule has 0 aliphatic rings. The quantitative estimate of drug-likeness (QED) is 0.778. The lowest BCUT2D eigenvalue weighted by atomic mass is 10.0. The van der Waals surface area contributed by atoms with Gasteiger partial charge in [-0.05, 0) is 30.2 Å². The van der Waals surface area contributed by atoms with Gasteiger partial charge in [-0.1, -0.05) is 22.0 Å². The van der Waals surface area contributed by atoms with Crippen molar-refractivity contribution in [3.8, 4) is 5.75 Å². The van der Waals surface area contributed by atoms with Crippen LogP contribution in [0.1, 0.15) is 29.0 Å². The van der Waals surface area contributed by atoms with Gasteiger partial charge in [0.2, 0.25) is 0 Å². The summed E-state index contributed by atoms with van der Waals surface area (Å²) in [7, 11) is 0. The molecule has 1 aromatic carbocycles. The highest BCUT2D eigenvalue weighted by Gasteiger charge is 2.32. The van der Waals surface area contributed by atoms with E-state index in [2.05, 4.69) is 20.7 Å². The van der Waals surface area contributed by atoms with E-state index in [9.17, 15) is 27.9 Å². The zero-order chi connectivity index (χ0) is 16.4. The molecule has 1 rings (SSSR count). The molecule has 0 heterocycles. The Morgan fingerprint density at radius 3 is 2.19 bits per heavy atom. The van der Waals surface area contributed by atoms with Gasteiger partial charge in [0.15, 0.2) is 6.10 Å². The van der Waals surface area contributed by atoms with Crippen molar-refractivity contribution in [2.75, 3.05) is 0 Å². The topological polar surface area (TPSA) is 83.8 Å². The van der Waals surface area contributed by atoms with Gasteiger partial charge in [-0.3, -0.25) is 4.79 Å². The van der Waals surface area contributed by atoms with Crippen LogP contribution in [0.5, 0.6) is 5.75 Å². The maximum atomic E-state index is 12.2. The Hall–Kier alpha value is -1.61. The zero-order valence-corrected chi connectivity index (χ0v) is 12.1. The zero-order valence-electron chi connectivity index (χ0n) is 10.5. The molecule has 0 amide bonds. The predicted octanol–water partition coefficient (Wildman–Crippen LogP) is 2.73. The molecule has 21 heavy (non-hydrogen) atoms. The van der Waals surface area contributed by atoms with E-state index in [-0.39, 0.29) is 11.1 Å². The number of ketones is 1. The second-order valence-electron chi connectivity index (χ2n) is 4.10. The van der Waals surface area contributed by atoms with Crippen LogP contribution in [0.4, 0.5) is 13.2 Å². The van der Waals surface area contributed by atoms with Crippen molar-refractivity contribution in [1.82, 2.24) is 0 Å². The van der Waals surface area contributed by atoms with Crippen LogP contribution in [0.3, 0.4) is 0 Å². The van der Waals surface area contributed by atoms with Gasteiger partial charge in [0, 0.05) is 0 Å². The fourth-order valence-electron chi connectivity index (χ4n) is 1.52. The van der Waals surface area contributed by atoms with Crippen molar-refractivity contribution in [2.45, 2.75) is 24.2 Å². The average molecular weight is 371 g/mol. The smallest absolute Gasteiger partial charge is 0.479 e. The fraction of sp³-hybridized carbons (Fsp3) is 0.333. The van der Waals surface area contributed by atoms with E-state index in [0.29, 0.717) is 0 Å². The van der Waals surface area contributed by atoms with E-state index >= 15 is 0 Å². The largest absolute Gasteiger partial charge is 0.573 e. The monoisotopic (exact) mass is 370 g/mol. The lowest BCUT2D eigenvalue weighted by Crippen LogP contribution is -2.18. The normalized spacial score (nSPS) is 14.4. The van der Waals surface area contributed by atoms with E-state index in [4.69, 9.17) is 5.11 Å². The van der Waals surface area contributed by atoms with Crippen molar-refractivity contribution in [2.24, 2.45) is 0 Å². The molecule has 0 bridgehead atoms. The van der Waals surface area contributed by atoms with Gasteiger partial charge in [-0.15, -0.1) is 13.2 Å². The second kappa shape index (κ2) is 6.44. The number of aliphatic hydroxyl groups is 1. The Morgan fingerprint density at radius 2 is 1.76 bits per heavy atom. The lowest BCUT2D eigenvalue weighted by molar-refractivity contribution is -0.274. The number of ether oxygens (including phenoxy) is 1. The molecule has 9 heteroatoms. The Balaban J connectivity index is 3.32. The predicted molar refractivity (Wildman–Crippen MR) is 68.1 cm³/mol. The van der Waals surface area contributed by atoms with Gasteiger partial charge in [0.25, 0.3) is 0 Å². The molecule has 0 aromatic heterocycles. The molecule has 0 saturated carbocycles. The number of aliphatic hydroxyl groups excluding tert-OH is 1. The van der Waals surface area contributed by atoms with Crippen LogP contribution in [0.2, 0.25) is 0 Å². The lowest BCUT2D eigenvalue weighted by Gasteiger charge is -2.15. The number of hydrogen-bond acceptors (Lipinski definition) is 4. The summed E-state index contributed by atoms with van der Waals surface area (Å²) in [5.74, 6) is -2.77. The first-order valence-electron chi connectivity index (χ1n) is 5.47. The van der Waals surface area contributed by atoms with Crippen LogP contribution in [0, 0.1) is 0 Å². The van der Waals surface area contributed by atoms with E-state index < -0.39 is 34.8 Å². The number of alkyl halides is 4. The summed E-state index contributed by atoms with van der Waals surface area (Å²) < 4.78 is 40.4. The molecular formula is C12H10BrF3O5. The van der Waals surface area contributed by atoms with Crippen LogP contribution >= 0.6 is 15.9 Å². The minimum Gasteiger partial charge on any atom is -0.479 e. The SMILES string of the molecule is CC(=O)C(Br)c1cc(OC(F)(F)F)cc(C(O)C(=O)O)c1.